The van der Waals surface area contributed by atoms with E-state index in [1.807, 2.05) is 0 Å². The van der Waals surface area contributed by atoms with Gasteiger partial charge in [-0.15, -0.1) is 0 Å². The van der Waals surface area contributed by atoms with Crippen molar-refractivity contribution in [2.45, 2.75) is 20.3 Å². The Labute approximate surface area is 157 Å². The van der Waals surface area contributed by atoms with Crippen LogP contribution in [-0.2, 0) is 0 Å². The summed E-state index contributed by atoms with van der Waals surface area (Å²) in [5, 5.41) is 5.69. The van der Waals surface area contributed by atoms with E-state index in [0.29, 0.717) is 29.4 Å². The summed E-state index contributed by atoms with van der Waals surface area (Å²) < 4.78 is 1.55. The van der Waals surface area contributed by atoms with E-state index >= 15 is 0 Å². The van der Waals surface area contributed by atoms with Crippen molar-refractivity contribution < 1.29 is 4.79 Å². The van der Waals surface area contributed by atoms with E-state index in [9.17, 15) is 9.59 Å². The predicted octanol–water partition coefficient (Wildman–Crippen LogP) is 1.90. The van der Waals surface area contributed by atoms with Crippen LogP contribution in [0, 0.1) is 19.8 Å². The molecule has 0 saturated carbocycles. The normalized spacial score (nSPS) is 16.8. The molecule has 1 unspecified atom stereocenters. The molecule has 1 aromatic carbocycles. The van der Waals surface area contributed by atoms with Gasteiger partial charge in [-0.05, 0) is 37.8 Å². The van der Waals surface area contributed by atoms with Crippen molar-refractivity contribution >= 4 is 17.2 Å². The third-order valence-corrected chi connectivity index (χ3v) is 5.30. The summed E-state index contributed by atoms with van der Waals surface area (Å²) in [5.74, 6) is 0.253. The first-order chi connectivity index (χ1) is 13.0. The van der Waals surface area contributed by atoms with Gasteiger partial charge in [0.05, 0.1) is 11.3 Å². The molecule has 1 fully saturated rings. The van der Waals surface area contributed by atoms with Crippen LogP contribution >= 0.6 is 0 Å². The molecule has 7 nitrogen and oxygen atoms in total. The van der Waals surface area contributed by atoms with Crippen molar-refractivity contribution in [3.63, 3.8) is 0 Å². The number of nitrogens with one attached hydrogen (secondary N) is 2. The molecule has 1 amide bonds. The quantitative estimate of drug-likeness (QED) is 0.740. The monoisotopic (exact) mass is 365 g/mol. The van der Waals surface area contributed by atoms with Gasteiger partial charge in [0.1, 0.15) is 0 Å². The lowest BCUT2D eigenvalue weighted by Gasteiger charge is -2.21. The first kappa shape index (κ1) is 17.3. The number of hydrogen-bond acceptors (Lipinski definition) is 4. The van der Waals surface area contributed by atoms with Crippen molar-refractivity contribution in [2.24, 2.45) is 5.92 Å². The Balaban J connectivity index is 1.41. The van der Waals surface area contributed by atoms with Gasteiger partial charge >= 0.3 is 0 Å². The summed E-state index contributed by atoms with van der Waals surface area (Å²) in [6.07, 6.45) is 2.58. The van der Waals surface area contributed by atoms with Crippen molar-refractivity contribution in [2.75, 3.05) is 24.5 Å². The van der Waals surface area contributed by atoms with Crippen molar-refractivity contribution in [1.82, 2.24) is 19.9 Å². The number of para-hydroxylation sites is 1. The Hall–Kier alpha value is -3.09. The molecule has 140 valence electrons. The molecule has 1 atom stereocenters. The Kier molecular flexibility index (Phi) is 4.43. The van der Waals surface area contributed by atoms with Crippen LogP contribution in [0.4, 0.5) is 5.69 Å². The minimum atomic E-state index is -0.231. The standard InChI is InChI=1S/C20H23N5O2/c1-13-5-3-4-6-17(13)24-8-7-15(12-24)10-22-20(27)16-11-21-18-9-19(26)23-25(18)14(16)2/h3-6,9,11,15H,7-8,10,12H2,1-2H3,(H,22,27)(H,23,26). The molecular weight excluding hydrogens is 342 g/mol. The van der Waals surface area contributed by atoms with E-state index in [1.165, 1.54) is 23.5 Å². The minimum absolute atomic E-state index is 0.161. The highest BCUT2D eigenvalue weighted by molar-refractivity contribution is 5.95. The van der Waals surface area contributed by atoms with E-state index in [0.717, 1.165) is 19.5 Å². The van der Waals surface area contributed by atoms with Crippen LogP contribution in [0.25, 0.3) is 5.65 Å². The summed E-state index contributed by atoms with van der Waals surface area (Å²) in [5.41, 5.74) is 3.98. The highest BCUT2D eigenvalue weighted by atomic mass is 16.1. The Bertz CT molecular complexity index is 1050. The van der Waals surface area contributed by atoms with E-state index < -0.39 is 0 Å². The topological polar surface area (TPSA) is 82.5 Å². The molecule has 1 aliphatic rings. The largest absolute Gasteiger partial charge is 0.371 e. The van der Waals surface area contributed by atoms with Crippen molar-refractivity contribution in [3.8, 4) is 0 Å². The number of aromatic nitrogens is 3. The third-order valence-electron chi connectivity index (χ3n) is 5.30. The molecule has 1 saturated heterocycles. The molecule has 0 spiro atoms. The highest BCUT2D eigenvalue weighted by Gasteiger charge is 2.24. The number of anilines is 1. The molecule has 2 N–H and O–H groups in total. The number of rotatable bonds is 4. The van der Waals surface area contributed by atoms with Crippen LogP contribution in [0.1, 0.15) is 28.0 Å². The lowest BCUT2D eigenvalue weighted by atomic mass is 10.1. The number of carbonyl (C=O) groups is 1. The van der Waals surface area contributed by atoms with Gasteiger partial charge in [-0.2, -0.15) is 0 Å². The Morgan fingerprint density at radius 1 is 1.33 bits per heavy atom. The zero-order valence-corrected chi connectivity index (χ0v) is 15.5. The van der Waals surface area contributed by atoms with Crippen molar-refractivity contribution in [1.29, 1.82) is 0 Å². The summed E-state index contributed by atoms with van der Waals surface area (Å²) >= 11 is 0. The molecule has 4 rings (SSSR count). The zero-order chi connectivity index (χ0) is 19.0. The van der Waals surface area contributed by atoms with Gasteiger partial charge in [0.2, 0.25) is 0 Å². The summed E-state index contributed by atoms with van der Waals surface area (Å²) in [7, 11) is 0. The van der Waals surface area contributed by atoms with Gasteiger partial charge in [0, 0.05) is 37.6 Å². The van der Waals surface area contributed by atoms with Crippen molar-refractivity contribution in [3.05, 3.63) is 63.7 Å². The number of carbonyl (C=O) groups excluding carboxylic acids is 1. The van der Waals surface area contributed by atoms with Crippen LogP contribution < -0.4 is 15.8 Å². The Morgan fingerprint density at radius 3 is 2.96 bits per heavy atom. The zero-order valence-electron chi connectivity index (χ0n) is 15.5. The molecule has 3 heterocycles. The first-order valence-electron chi connectivity index (χ1n) is 9.19. The second kappa shape index (κ2) is 6.90. The number of amides is 1. The minimum Gasteiger partial charge on any atom is -0.371 e. The van der Waals surface area contributed by atoms with E-state index in [4.69, 9.17) is 0 Å². The molecule has 1 aliphatic heterocycles. The van der Waals surface area contributed by atoms with E-state index in [1.54, 1.807) is 11.4 Å². The SMILES string of the molecule is Cc1ccccc1N1CCC(CNC(=O)c2cnc3cc(=O)[nH]n3c2C)C1. The Morgan fingerprint density at radius 2 is 2.15 bits per heavy atom. The van der Waals surface area contributed by atoms with Crippen LogP contribution in [0.2, 0.25) is 0 Å². The highest BCUT2D eigenvalue weighted by Crippen LogP contribution is 2.26. The fraction of sp³-hybridized carbons (Fsp3) is 0.350. The maximum absolute atomic E-state index is 12.6. The summed E-state index contributed by atoms with van der Waals surface area (Å²) in [4.78, 5) is 30.7. The van der Waals surface area contributed by atoms with Crippen LogP contribution in [0.3, 0.4) is 0 Å². The fourth-order valence-electron chi connectivity index (χ4n) is 3.77. The number of H-pyrrole nitrogens is 1. The maximum atomic E-state index is 12.6. The van der Waals surface area contributed by atoms with Gasteiger partial charge in [0.25, 0.3) is 11.5 Å². The number of aromatic amines is 1. The summed E-state index contributed by atoms with van der Waals surface area (Å²) in [6, 6.07) is 9.81. The number of fused-ring (bicyclic) bond motifs is 1. The van der Waals surface area contributed by atoms with Crippen LogP contribution in [-0.4, -0.2) is 40.1 Å². The average Bonchev–Trinajstić information content (AvgIpc) is 3.27. The van der Waals surface area contributed by atoms with Gasteiger partial charge < -0.3 is 10.2 Å². The van der Waals surface area contributed by atoms with Crippen LogP contribution in [0.5, 0.6) is 0 Å². The van der Waals surface area contributed by atoms with Gasteiger partial charge in [-0.3, -0.25) is 14.7 Å². The number of nitrogens with zero attached hydrogens (tertiary/aromatic N) is 3. The number of hydrogen-bond donors (Lipinski definition) is 2. The molecule has 0 bridgehead atoms. The molecule has 3 aromatic rings. The number of benzene rings is 1. The van der Waals surface area contributed by atoms with Gasteiger partial charge in [-0.1, -0.05) is 18.2 Å². The predicted molar refractivity (Wildman–Crippen MR) is 104 cm³/mol. The third kappa shape index (κ3) is 3.32. The van der Waals surface area contributed by atoms with Gasteiger partial charge in [-0.25, -0.2) is 9.50 Å². The molecule has 2 aromatic heterocycles. The molecule has 7 heteroatoms. The molecule has 0 aliphatic carbocycles. The smallest absolute Gasteiger partial charge is 0.266 e. The molecular formula is C20H23N5O2. The average molecular weight is 365 g/mol. The fourth-order valence-corrected chi connectivity index (χ4v) is 3.77. The van der Waals surface area contributed by atoms with Crippen LogP contribution in [0.15, 0.2) is 41.3 Å². The maximum Gasteiger partial charge on any atom is 0.266 e. The second-order valence-corrected chi connectivity index (χ2v) is 7.17. The molecule has 0 radical (unpaired) electrons. The second-order valence-electron chi connectivity index (χ2n) is 7.17. The molecule has 27 heavy (non-hydrogen) atoms. The van der Waals surface area contributed by atoms with E-state index in [2.05, 4.69) is 51.5 Å². The first-order valence-corrected chi connectivity index (χ1v) is 9.19. The lowest BCUT2D eigenvalue weighted by Crippen LogP contribution is -2.32. The van der Waals surface area contributed by atoms with E-state index in [-0.39, 0.29) is 11.5 Å². The lowest BCUT2D eigenvalue weighted by molar-refractivity contribution is 0.0946. The number of aryl methyl sites for hydroxylation is 2. The van der Waals surface area contributed by atoms with Gasteiger partial charge in [0.15, 0.2) is 5.65 Å². The summed E-state index contributed by atoms with van der Waals surface area (Å²) in [6.45, 7) is 6.49.